The molecule has 1 heterocycles. The van der Waals surface area contributed by atoms with Gasteiger partial charge < -0.3 is 14.9 Å². The van der Waals surface area contributed by atoms with Gasteiger partial charge in [-0.2, -0.15) is 13.5 Å². The number of amides is 3. The van der Waals surface area contributed by atoms with Crippen molar-refractivity contribution in [2.75, 3.05) is 24.5 Å². The Morgan fingerprint density at radius 3 is 1.76 bits per heavy atom. The van der Waals surface area contributed by atoms with Crippen LogP contribution in [0.1, 0.15) is 31.2 Å². The van der Waals surface area contributed by atoms with E-state index in [1.165, 1.54) is 4.90 Å². The lowest BCUT2D eigenvalue weighted by molar-refractivity contribution is -0.155. The highest BCUT2D eigenvalue weighted by molar-refractivity contribution is 7.59. The fourth-order valence-corrected chi connectivity index (χ4v) is 5.71. The van der Waals surface area contributed by atoms with Crippen molar-refractivity contribution in [2.45, 2.75) is 37.1 Å². The summed E-state index contributed by atoms with van der Waals surface area (Å²) in [6.07, 6.45) is 3.27. The van der Waals surface area contributed by atoms with Crippen LogP contribution in [0.25, 0.3) is 0 Å². The summed E-state index contributed by atoms with van der Waals surface area (Å²) >= 11 is 0. The number of urea groups is 1. The Kier molecular flexibility index (Phi) is 8.42. The van der Waals surface area contributed by atoms with Crippen molar-refractivity contribution in [3.8, 4) is 0 Å². The zero-order chi connectivity index (χ0) is 25.8. The number of piperazine rings is 1. The van der Waals surface area contributed by atoms with Crippen LogP contribution in [0.4, 0.5) is 16.2 Å². The van der Waals surface area contributed by atoms with Gasteiger partial charge in [0.05, 0.1) is 23.3 Å². The van der Waals surface area contributed by atoms with Crippen LogP contribution in [-0.2, 0) is 15.0 Å². The lowest BCUT2D eigenvalue weighted by atomic mass is 9.77. The summed E-state index contributed by atoms with van der Waals surface area (Å²) in [6, 6.07) is 26.9. The number of anilines is 2. The summed E-state index contributed by atoms with van der Waals surface area (Å²) in [5, 5.41) is 10.2. The standard InChI is InChI=1S/C30H31N3O4.H2S/c34-27(35)26-22-31(29(37)33(24-14-6-2-7-15-24)25-16-8-3-9-17-25)20-21-32(26)28(36)30(18-10-11-19-30)23-12-4-1-5-13-23;/h1-9,12-17,26H,10-11,18-22H2,(H,34,35);1H2/t26-;/m0./s1. The van der Waals surface area contributed by atoms with Gasteiger partial charge in [-0.3, -0.25) is 9.69 Å². The molecule has 0 unspecified atom stereocenters. The van der Waals surface area contributed by atoms with Crippen LogP contribution in [-0.4, -0.2) is 58.5 Å². The molecule has 0 radical (unpaired) electrons. The maximum Gasteiger partial charge on any atom is 0.329 e. The van der Waals surface area contributed by atoms with E-state index in [1.54, 1.807) is 9.80 Å². The molecule has 1 aliphatic carbocycles. The van der Waals surface area contributed by atoms with Crippen LogP contribution in [0.5, 0.6) is 0 Å². The average Bonchev–Trinajstić information content (AvgIpc) is 3.45. The number of carbonyl (C=O) groups excluding carboxylic acids is 2. The van der Waals surface area contributed by atoms with Gasteiger partial charge in [-0.1, -0.05) is 79.6 Å². The Labute approximate surface area is 230 Å². The van der Waals surface area contributed by atoms with E-state index >= 15 is 0 Å². The maximum atomic E-state index is 14.0. The number of carbonyl (C=O) groups is 3. The van der Waals surface area contributed by atoms with Crippen molar-refractivity contribution in [1.29, 1.82) is 0 Å². The number of para-hydroxylation sites is 2. The van der Waals surface area contributed by atoms with Crippen molar-refractivity contribution in [3.05, 3.63) is 96.6 Å². The molecular weight excluding hydrogens is 498 g/mol. The van der Waals surface area contributed by atoms with Crippen LogP contribution in [0.3, 0.4) is 0 Å². The first kappa shape index (κ1) is 27.3. The summed E-state index contributed by atoms with van der Waals surface area (Å²) in [5.74, 6) is -1.24. The highest BCUT2D eigenvalue weighted by atomic mass is 32.1. The molecule has 0 bridgehead atoms. The van der Waals surface area contributed by atoms with E-state index in [0.29, 0.717) is 24.2 Å². The van der Waals surface area contributed by atoms with E-state index in [1.807, 2.05) is 91.0 Å². The van der Waals surface area contributed by atoms with Crippen molar-refractivity contribution in [2.24, 2.45) is 0 Å². The summed E-state index contributed by atoms with van der Waals surface area (Å²) in [5.41, 5.74) is 1.62. The van der Waals surface area contributed by atoms with E-state index in [-0.39, 0.29) is 45.1 Å². The molecule has 5 rings (SSSR count). The first-order valence-electron chi connectivity index (χ1n) is 12.8. The zero-order valence-electron chi connectivity index (χ0n) is 21.2. The van der Waals surface area contributed by atoms with Gasteiger partial charge in [0.15, 0.2) is 0 Å². The van der Waals surface area contributed by atoms with Gasteiger partial charge in [0.1, 0.15) is 6.04 Å². The molecule has 2 fully saturated rings. The lowest BCUT2D eigenvalue weighted by Gasteiger charge is -2.44. The molecule has 1 atom stereocenters. The third-order valence-electron chi connectivity index (χ3n) is 7.61. The highest BCUT2D eigenvalue weighted by Crippen LogP contribution is 2.43. The average molecular weight is 532 g/mol. The van der Waals surface area contributed by atoms with E-state index in [9.17, 15) is 19.5 Å². The second-order valence-electron chi connectivity index (χ2n) is 9.74. The van der Waals surface area contributed by atoms with E-state index in [2.05, 4.69) is 0 Å². The van der Waals surface area contributed by atoms with Crippen LogP contribution < -0.4 is 4.90 Å². The Morgan fingerprint density at radius 1 is 0.763 bits per heavy atom. The molecule has 3 aromatic rings. The van der Waals surface area contributed by atoms with Gasteiger partial charge >= 0.3 is 12.0 Å². The third-order valence-corrected chi connectivity index (χ3v) is 7.61. The number of benzene rings is 3. The lowest BCUT2D eigenvalue weighted by Crippen LogP contribution is -2.63. The van der Waals surface area contributed by atoms with Gasteiger partial charge in [0, 0.05) is 13.1 Å². The molecular formula is C30H33N3O4S. The van der Waals surface area contributed by atoms with Gasteiger partial charge in [-0.05, 0) is 42.7 Å². The van der Waals surface area contributed by atoms with Gasteiger partial charge in [-0.25, -0.2) is 9.59 Å². The van der Waals surface area contributed by atoms with Gasteiger partial charge in [0.2, 0.25) is 5.91 Å². The van der Waals surface area contributed by atoms with Gasteiger partial charge in [0.25, 0.3) is 0 Å². The van der Waals surface area contributed by atoms with E-state index in [4.69, 9.17) is 0 Å². The maximum absolute atomic E-state index is 14.0. The van der Waals surface area contributed by atoms with E-state index in [0.717, 1.165) is 18.4 Å². The summed E-state index contributed by atoms with van der Waals surface area (Å²) < 4.78 is 0. The Bertz CT molecular complexity index is 1210. The third kappa shape index (κ3) is 5.13. The molecule has 0 spiro atoms. The molecule has 38 heavy (non-hydrogen) atoms. The minimum Gasteiger partial charge on any atom is -0.480 e. The molecule has 2 aliphatic rings. The van der Waals surface area contributed by atoms with Crippen LogP contribution in [0, 0.1) is 0 Å². The second-order valence-corrected chi connectivity index (χ2v) is 9.74. The van der Waals surface area contributed by atoms with Crippen molar-refractivity contribution >= 4 is 42.8 Å². The quantitative estimate of drug-likeness (QED) is 0.493. The Hall–Kier alpha value is -3.78. The number of hydrogen-bond donors (Lipinski definition) is 1. The normalized spacial score (nSPS) is 18.4. The minimum atomic E-state index is -1.11. The van der Waals surface area contributed by atoms with Crippen molar-refractivity contribution in [3.63, 3.8) is 0 Å². The van der Waals surface area contributed by atoms with Crippen molar-refractivity contribution in [1.82, 2.24) is 9.80 Å². The SMILES string of the molecule is O=C(O)[C@@H]1CN(C(=O)N(c2ccccc2)c2ccccc2)CCN1C(=O)C1(c2ccccc2)CCCC1.S. The molecule has 0 aromatic heterocycles. The number of aliphatic carboxylic acids is 1. The smallest absolute Gasteiger partial charge is 0.329 e. The first-order chi connectivity index (χ1) is 18.0. The van der Waals surface area contributed by atoms with Gasteiger partial charge in [-0.15, -0.1) is 0 Å². The largest absolute Gasteiger partial charge is 0.480 e. The molecule has 1 aliphatic heterocycles. The predicted octanol–water partition coefficient (Wildman–Crippen LogP) is 5.17. The number of rotatable bonds is 5. The Balaban J connectivity index is 0.00000336. The molecule has 198 valence electrons. The molecule has 3 amide bonds. The molecule has 8 heteroatoms. The molecule has 1 N–H and O–H groups in total. The second kappa shape index (κ2) is 11.7. The number of nitrogens with zero attached hydrogens (tertiary/aromatic N) is 3. The summed E-state index contributed by atoms with van der Waals surface area (Å²) in [6.45, 7) is 0.365. The van der Waals surface area contributed by atoms with Crippen LogP contribution in [0.2, 0.25) is 0 Å². The fraction of sp³-hybridized carbons (Fsp3) is 0.300. The fourth-order valence-electron chi connectivity index (χ4n) is 5.71. The number of carboxylic acid groups (broad SMARTS) is 1. The molecule has 1 saturated heterocycles. The molecule has 7 nitrogen and oxygen atoms in total. The minimum absolute atomic E-state index is 0. The summed E-state index contributed by atoms with van der Waals surface area (Å²) in [7, 11) is 0. The van der Waals surface area contributed by atoms with Crippen LogP contribution >= 0.6 is 13.5 Å². The summed E-state index contributed by atoms with van der Waals surface area (Å²) in [4.78, 5) is 45.0. The number of carboxylic acids is 1. The van der Waals surface area contributed by atoms with Crippen LogP contribution in [0.15, 0.2) is 91.0 Å². The molecule has 3 aromatic carbocycles. The Morgan fingerprint density at radius 2 is 1.26 bits per heavy atom. The van der Waals surface area contributed by atoms with E-state index < -0.39 is 17.4 Å². The van der Waals surface area contributed by atoms with Crippen molar-refractivity contribution < 1.29 is 19.5 Å². The highest BCUT2D eigenvalue weighted by Gasteiger charge is 2.49. The molecule has 1 saturated carbocycles. The number of hydrogen-bond acceptors (Lipinski definition) is 3. The monoisotopic (exact) mass is 531 g/mol. The topological polar surface area (TPSA) is 81.2 Å². The zero-order valence-corrected chi connectivity index (χ0v) is 22.2. The first-order valence-corrected chi connectivity index (χ1v) is 12.8. The predicted molar refractivity (Wildman–Crippen MR) is 152 cm³/mol.